The number of para-hydroxylation sites is 2. The summed E-state index contributed by atoms with van der Waals surface area (Å²) in [5.74, 6) is -0.361. The highest BCUT2D eigenvalue weighted by molar-refractivity contribution is 5.81. The van der Waals surface area contributed by atoms with E-state index in [9.17, 15) is 19.7 Å². The number of carbonyl (C=O) groups excluding carboxylic acids is 2. The van der Waals surface area contributed by atoms with Crippen LogP contribution in [0.25, 0.3) is 0 Å². The number of benzene rings is 1. The molecule has 8 heteroatoms. The van der Waals surface area contributed by atoms with Gasteiger partial charge in [-0.25, -0.2) is 0 Å². The van der Waals surface area contributed by atoms with Crippen molar-refractivity contribution >= 4 is 23.3 Å². The van der Waals surface area contributed by atoms with Gasteiger partial charge in [-0.15, -0.1) is 0 Å². The summed E-state index contributed by atoms with van der Waals surface area (Å²) < 4.78 is 5.17. The van der Waals surface area contributed by atoms with Crippen LogP contribution >= 0.6 is 0 Å². The van der Waals surface area contributed by atoms with E-state index >= 15 is 0 Å². The molecule has 1 saturated carbocycles. The first-order valence-electron chi connectivity index (χ1n) is 9.40. The van der Waals surface area contributed by atoms with Crippen LogP contribution in [-0.4, -0.2) is 42.5 Å². The molecule has 1 saturated heterocycles. The number of rotatable bonds is 7. The first-order chi connectivity index (χ1) is 13.0. The molecule has 1 atom stereocenters. The molecule has 0 aromatic heterocycles. The molecule has 8 nitrogen and oxygen atoms in total. The normalized spacial score (nSPS) is 18.6. The summed E-state index contributed by atoms with van der Waals surface area (Å²) in [7, 11) is 0. The second kappa shape index (κ2) is 8.37. The summed E-state index contributed by atoms with van der Waals surface area (Å²) in [5.41, 5.74) is 0.641. The number of anilines is 1. The lowest BCUT2D eigenvalue weighted by molar-refractivity contribution is -0.384. The van der Waals surface area contributed by atoms with Crippen molar-refractivity contribution in [2.45, 2.75) is 38.6 Å². The lowest BCUT2D eigenvalue weighted by Crippen LogP contribution is -2.40. The smallest absolute Gasteiger partial charge is 0.309 e. The van der Waals surface area contributed by atoms with E-state index in [1.165, 1.54) is 6.07 Å². The molecule has 0 unspecified atom stereocenters. The van der Waals surface area contributed by atoms with Gasteiger partial charge >= 0.3 is 5.97 Å². The van der Waals surface area contributed by atoms with Gasteiger partial charge in [-0.2, -0.15) is 0 Å². The fourth-order valence-electron chi connectivity index (χ4n) is 3.51. The highest BCUT2D eigenvalue weighted by atomic mass is 16.6. The van der Waals surface area contributed by atoms with Crippen LogP contribution in [0.3, 0.4) is 0 Å². The molecule has 3 rings (SSSR count). The van der Waals surface area contributed by atoms with Crippen molar-refractivity contribution in [2.24, 2.45) is 11.8 Å². The Morgan fingerprint density at radius 2 is 1.93 bits per heavy atom. The van der Waals surface area contributed by atoms with Crippen molar-refractivity contribution in [2.75, 3.05) is 24.6 Å². The van der Waals surface area contributed by atoms with Gasteiger partial charge in [-0.3, -0.25) is 19.7 Å². The highest BCUT2D eigenvalue weighted by Gasteiger charge is 2.31. The number of piperidine rings is 1. The Morgan fingerprint density at radius 3 is 2.56 bits per heavy atom. The Kier molecular flexibility index (Phi) is 5.93. The molecule has 27 heavy (non-hydrogen) atoms. The number of nitrogens with zero attached hydrogens (tertiary/aromatic N) is 2. The topological polar surface area (TPSA) is 102 Å². The molecule has 1 aromatic carbocycles. The summed E-state index contributed by atoms with van der Waals surface area (Å²) in [6, 6.07) is 6.74. The van der Waals surface area contributed by atoms with Crippen LogP contribution in [0.15, 0.2) is 24.3 Å². The maximum atomic E-state index is 12.2. The number of hydrogen-bond donors (Lipinski definition) is 1. The minimum absolute atomic E-state index is 0.0694. The minimum atomic E-state index is -0.392. The number of nitro groups is 1. The van der Waals surface area contributed by atoms with E-state index in [0.717, 1.165) is 12.8 Å². The van der Waals surface area contributed by atoms with Crippen molar-refractivity contribution in [1.82, 2.24) is 5.32 Å². The molecule has 1 heterocycles. The van der Waals surface area contributed by atoms with E-state index in [4.69, 9.17) is 4.74 Å². The van der Waals surface area contributed by atoms with Crippen LogP contribution in [0.1, 0.15) is 32.6 Å². The first-order valence-corrected chi connectivity index (χ1v) is 9.40. The van der Waals surface area contributed by atoms with Crippen LogP contribution < -0.4 is 10.2 Å². The maximum Gasteiger partial charge on any atom is 0.309 e. The molecule has 1 aliphatic carbocycles. The average Bonchev–Trinajstić information content (AvgIpc) is 3.51. The van der Waals surface area contributed by atoms with E-state index in [0.29, 0.717) is 37.5 Å². The zero-order valence-electron chi connectivity index (χ0n) is 15.4. The third kappa shape index (κ3) is 4.96. The SMILES string of the molecule is C[C@H](NC(=O)COC(=O)C1CCN(c2ccccc2[N+](=O)[O-])CC1)C1CC1. The van der Waals surface area contributed by atoms with Crippen molar-refractivity contribution in [3.63, 3.8) is 0 Å². The van der Waals surface area contributed by atoms with E-state index in [-0.39, 0.29) is 36.1 Å². The summed E-state index contributed by atoms with van der Waals surface area (Å²) in [5, 5.41) is 14.0. The second-order valence-electron chi connectivity index (χ2n) is 7.31. The minimum Gasteiger partial charge on any atom is -0.455 e. The summed E-state index contributed by atoms with van der Waals surface area (Å²) in [6.45, 7) is 2.79. The van der Waals surface area contributed by atoms with Gasteiger partial charge in [-0.05, 0) is 44.6 Å². The van der Waals surface area contributed by atoms with E-state index in [1.807, 2.05) is 11.8 Å². The molecular formula is C19H25N3O5. The number of nitro benzene ring substituents is 1. The molecule has 1 aromatic rings. The standard InChI is InChI=1S/C19H25N3O5/c1-13(14-6-7-14)20-18(23)12-27-19(24)15-8-10-21(11-9-15)16-4-2-3-5-17(16)22(25)26/h2-5,13-15H,6-12H2,1H3,(H,20,23)/t13-/m0/s1. The van der Waals surface area contributed by atoms with Gasteiger partial charge in [0.25, 0.3) is 11.6 Å². The monoisotopic (exact) mass is 375 g/mol. The molecule has 0 radical (unpaired) electrons. The van der Waals surface area contributed by atoms with Crippen molar-refractivity contribution in [3.8, 4) is 0 Å². The molecule has 0 bridgehead atoms. The van der Waals surface area contributed by atoms with Crippen LogP contribution in [0.5, 0.6) is 0 Å². The second-order valence-corrected chi connectivity index (χ2v) is 7.31. The number of ether oxygens (including phenoxy) is 1. The van der Waals surface area contributed by atoms with Crippen LogP contribution in [0, 0.1) is 22.0 Å². The van der Waals surface area contributed by atoms with Crippen LogP contribution in [0.4, 0.5) is 11.4 Å². The Hall–Kier alpha value is -2.64. The molecule has 2 aliphatic rings. The molecule has 1 N–H and O–H groups in total. The van der Waals surface area contributed by atoms with E-state index in [2.05, 4.69) is 5.32 Å². The van der Waals surface area contributed by atoms with Gasteiger partial charge in [0.1, 0.15) is 5.69 Å². The number of esters is 1. The van der Waals surface area contributed by atoms with Gasteiger partial charge < -0.3 is 15.0 Å². The molecule has 146 valence electrons. The third-order valence-electron chi connectivity index (χ3n) is 5.31. The lowest BCUT2D eigenvalue weighted by atomic mass is 9.96. The first kappa shape index (κ1) is 19.1. The Balaban J connectivity index is 1.45. The fraction of sp³-hybridized carbons (Fsp3) is 0.579. The summed E-state index contributed by atoms with van der Waals surface area (Å²) >= 11 is 0. The molecule has 1 amide bonds. The van der Waals surface area contributed by atoms with Crippen LogP contribution in [-0.2, 0) is 14.3 Å². The number of nitrogens with one attached hydrogen (secondary N) is 1. The predicted molar refractivity (Wildman–Crippen MR) is 99.3 cm³/mol. The Morgan fingerprint density at radius 1 is 1.26 bits per heavy atom. The molecule has 0 spiro atoms. The fourth-order valence-corrected chi connectivity index (χ4v) is 3.51. The van der Waals surface area contributed by atoms with Gasteiger partial charge in [0.2, 0.25) is 0 Å². The van der Waals surface area contributed by atoms with Gasteiger partial charge in [0.05, 0.1) is 10.8 Å². The quantitative estimate of drug-likeness (QED) is 0.446. The molecular weight excluding hydrogens is 350 g/mol. The summed E-state index contributed by atoms with van der Waals surface area (Å²) in [6.07, 6.45) is 3.37. The maximum absolute atomic E-state index is 12.2. The number of amides is 1. The highest BCUT2D eigenvalue weighted by Crippen LogP contribution is 2.32. The number of carbonyl (C=O) groups is 2. The average molecular weight is 375 g/mol. The van der Waals surface area contributed by atoms with Gasteiger partial charge in [-0.1, -0.05) is 12.1 Å². The van der Waals surface area contributed by atoms with Crippen molar-refractivity contribution in [1.29, 1.82) is 0 Å². The number of hydrogen-bond acceptors (Lipinski definition) is 6. The predicted octanol–water partition coefficient (Wildman–Crippen LogP) is 2.27. The molecule has 1 aliphatic heterocycles. The van der Waals surface area contributed by atoms with Gasteiger partial charge in [0.15, 0.2) is 6.61 Å². The Bertz CT molecular complexity index is 711. The Labute approximate surface area is 158 Å². The zero-order chi connectivity index (χ0) is 19.4. The molecule has 2 fully saturated rings. The lowest BCUT2D eigenvalue weighted by Gasteiger charge is -2.32. The largest absolute Gasteiger partial charge is 0.455 e. The third-order valence-corrected chi connectivity index (χ3v) is 5.31. The van der Waals surface area contributed by atoms with Crippen LogP contribution in [0.2, 0.25) is 0 Å². The van der Waals surface area contributed by atoms with Gasteiger partial charge in [0, 0.05) is 25.2 Å². The van der Waals surface area contributed by atoms with Crippen molar-refractivity contribution in [3.05, 3.63) is 34.4 Å². The zero-order valence-corrected chi connectivity index (χ0v) is 15.4. The van der Waals surface area contributed by atoms with E-state index in [1.54, 1.807) is 18.2 Å². The van der Waals surface area contributed by atoms with E-state index < -0.39 is 4.92 Å². The van der Waals surface area contributed by atoms with Crippen molar-refractivity contribution < 1.29 is 19.2 Å². The summed E-state index contributed by atoms with van der Waals surface area (Å²) in [4.78, 5) is 36.8.